The molecule has 1 saturated heterocycles. The van der Waals surface area contributed by atoms with Gasteiger partial charge in [-0.1, -0.05) is 0 Å². The predicted molar refractivity (Wildman–Crippen MR) is 73.4 cm³/mol. The summed E-state index contributed by atoms with van der Waals surface area (Å²) >= 11 is 0. The summed E-state index contributed by atoms with van der Waals surface area (Å²) < 4.78 is 34.0. The van der Waals surface area contributed by atoms with Crippen LogP contribution in [0.5, 0.6) is 5.75 Å². The van der Waals surface area contributed by atoms with Gasteiger partial charge in [-0.15, -0.1) is 0 Å². The lowest BCUT2D eigenvalue weighted by Gasteiger charge is -2.15. The minimum Gasteiger partial charge on any atom is -0.491 e. The molecular weight excluding hydrogens is 288 g/mol. The second-order valence-electron chi connectivity index (χ2n) is 4.77. The van der Waals surface area contributed by atoms with Gasteiger partial charge in [-0.2, -0.15) is 0 Å². The smallest absolute Gasteiger partial charge is 0.261 e. The average Bonchev–Trinajstić information content (AvgIpc) is 2.81. The molecule has 0 bridgehead atoms. The van der Waals surface area contributed by atoms with E-state index in [2.05, 4.69) is 0 Å². The summed E-state index contributed by atoms with van der Waals surface area (Å²) in [5, 5.41) is 0. The molecule has 106 valence electrons. The first-order valence-corrected chi connectivity index (χ1v) is 8.49. The molecule has 1 fully saturated rings. The third kappa shape index (κ3) is 3.61. The Balaban J connectivity index is 2.16. The summed E-state index contributed by atoms with van der Waals surface area (Å²) in [4.78, 5) is 0.135. The fraction of sp³-hybridized carbons (Fsp3) is 0.538. The fourth-order valence-corrected chi connectivity index (χ4v) is 3.40. The van der Waals surface area contributed by atoms with Crippen LogP contribution in [0.2, 0.25) is 0 Å². The molecule has 1 unspecified atom stereocenters. The summed E-state index contributed by atoms with van der Waals surface area (Å²) in [5.41, 5.74) is 1.34. The van der Waals surface area contributed by atoms with Crippen molar-refractivity contribution in [3.05, 3.63) is 23.3 Å². The van der Waals surface area contributed by atoms with Gasteiger partial charge in [-0.05, 0) is 49.9 Å². The largest absolute Gasteiger partial charge is 0.491 e. The maximum absolute atomic E-state index is 11.4. The van der Waals surface area contributed by atoms with E-state index in [0.717, 1.165) is 25.0 Å². The van der Waals surface area contributed by atoms with Crippen LogP contribution in [0, 0.1) is 13.8 Å². The number of aryl methyl sites for hydroxylation is 2. The molecule has 0 amide bonds. The first kappa shape index (κ1) is 14.6. The Morgan fingerprint density at radius 1 is 1.37 bits per heavy atom. The third-order valence-electron chi connectivity index (χ3n) is 3.18. The molecule has 0 radical (unpaired) electrons. The Morgan fingerprint density at radius 3 is 2.68 bits per heavy atom. The van der Waals surface area contributed by atoms with E-state index in [1.165, 1.54) is 0 Å². The lowest BCUT2D eigenvalue weighted by molar-refractivity contribution is 0.0677. The highest BCUT2D eigenvalue weighted by Crippen LogP contribution is 2.28. The molecule has 0 saturated carbocycles. The number of benzene rings is 1. The van der Waals surface area contributed by atoms with Crippen molar-refractivity contribution < 1.29 is 17.9 Å². The maximum atomic E-state index is 11.4. The van der Waals surface area contributed by atoms with Gasteiger partial charge in [0.25, 0.3) is 9.05 Å². The number of hydrogen-bond donors (Lipinski definition) is 0. The standard InChI is InChI=1S/C13H17ClO4S/c1-9-7-13(19(14,15)16)10(2)6-12(9)18-8-11-4-3-5-17-11/h6-7,11H,3-5,8H2,1-2H3. The maximum Gasteiger partial charge on any atom is 0.261 e. The second-order valence-corrected chi connectivity index (χ2v) is 7.30. The zero-order valence-electron chi connectivity index (χ0n) is 11.0. The monoisotopic (exact) mass is 304 g/mol. The van der Waals surface area contributed by atoms with Gasteiger partial charge in [0.05, 0.1) is 11.0 Å². The van der Waals surface area contributed by atoms with Crippen molar-refractivity contribution in [2.45, 2.75) is 37.7 Å². The van der Waals surface area contributed by atoms with E-state index in [9.17, 15) is 8.42 Å². The van der Waals surface area contributed by atoms with Crippen LogP contribution >= 0.6 is 10.7 Å². The molecular formula is C13H17ClO4S. The molecule has 0 N–H and O–H groups in total. The highest BCUT2D eigenvalue weighted by Gasteiger charge is 2.19. The molecule has 1 atom stereocenters. The van der Waals surface area contributed by atoms with Crippen molar-refractivity contribution in [3.63, 3.8) is 0 Å². The van der Waals surface area contributed by atoms with Crippen LogP contribution in [0.4, 0.5) is 0 Å². The van der Waals surface area contributed by atoms with Gasteiger partial charge in [0.1, 0.15) is 12.4 Å². The predicted octanol–water partition coefficient (Wildman–Crippen LogP) is 2.79. The van der Waals surface area contributed by atoms with Crippen molar-refractivity contribution in [2.75, 3.05) is 13.2 Å². The van der Waals surface area contributed by atoms with Crippen LogP contribution in [0.1, 0.15) is 24.0 Å². The molecule has 1 aliphatic heterocycles. The van der Waals surface area contributed by atoms with Crippen molar-refractivity contribution in [2.24, 2.45) is 0 Å². The molecule has 19 heavy (non-hydrogen) atoms. The molecule has 0 aliphatic carbocycles. The SMILES string of the molecule is Cc1cc(S(=O)(=O)Cl)c(C)cc1OCC1CCCO1. The van der Waals surface area contributed by atoms with E-state index in [0.29, 0.717) is 17.9 Å². The van der Waals surface area contributed by atoms with E-state index in [4.69, 9.17) is 20.2 Å². The molecule has 1 aromatic rings. The highest BCUT2D eigenvalue weighted by molar-refractivity contribution is 8.13. The van der Waals surface area contributed by atoms with E-state index < -0.39 is 9.05 Å². The molecule has 2 rings (SSSR count). The summed E-state index contributed by atoms with van der Waals surface area (Å²) in [6, 6.07) is 3.25. The van der Waals surface area contributed by atoms with Gasteiger partial charge in [0.15, 0.2) is 0 Å². The first-order valence-electron chi connectivity index (χ1n) is 6.18. The number of halogens is 1. The van der Waals surface area contributed by atoms with Crippen LogP contribution in [-0.2, 0) is 13.8 Å². The van der Waals surface area contributed by atoms with Crippen LogP contribution in [0.25, 0.3) is 0 Å². The van der Waals surface area contributed by atoms with Crippen molar-refractivity contribution in [1.82, 2.24) is 0 Å². The highest BCUT2D eigenvalue weighted by atomic mass is 35.7. The molecule has 0 aromatic heterocycles. The van der Waals surface area contributed by atoms with E-state index in [-0.39, 0.29) is 11.0 Å². The van der Waals surface area contributed by atoms with Crippen LogP contribution < -0.4 is 4.74 Å². The lowest BCUT2D eigenvalue weighted by atomic mass is 10.1. The van der Waals surface area contributed by atoms with Gasteiger partial charge >= 0.3 is 0 Å². The fourth-order valence-electron chi connectivity index (χ4n) is 2.14. The van der Waals surface area contributed by atoms with E-state index >= 15 is 0 Å². The summed E-state index contributed by atoms with van der Waals surface area (Å²) in [6.45, 7) is 4.78. The Bertz CT molecular complexity index is 562. The first-order chi connectivity index (χ1) is 8.88. The normalized spacial score (nSPS) is 19.6. The molecule has 1 aromatic carbocycles. The third-order valence-corrected chi connectivity index (χ3v) is 4.65. The number of ether oxygens (including phenoxy) is 2. The molecule has 6 heteroatoms. The van der Waals surface area contributed by atoms with E-state index in [1.807, 2.05) is 0 Å². The van der Waals surface area contributed by atoms with E-state index in [1.54, 1.807) is 26.0 Å². The van der Waals surface area contributed by atoms with Crippen LogP contribution in [0.15, 0.2) is 17.0 Å². The summed E-state index contributed by atoms with van der Waals surface area (Å²) in [6.07, 6.45) is 2.21. The van der Waals surface area contributed by atoms with Crippen LogP contribution in [-0.4, -0.2) is 27.7 Å². The van der Waals surface area contributed by atoms with Gasteiger partial charge in [0.2, 0.25) is 0 Å². The van der Waals surface area contributed by atoms with Gasteiger partial charge in [0, 0.05) is 17.3 Å². The average molecular weight is 305 g/mol. The Hall–Kier alpha value is -0.780. The summed E-state index contributed by atoms with van der Waals surface area (Å²) in [5.74, 6) is 0.678. The summed E-state index contributed by atoms with van der Waals surface area (Å²) in [7, 11) is 1.67. The number of hydrogen-bond acceptors (Lipinski definition) is 4. The topological polar surface area (TPSA) is 52.6 Å². The minimum atomic E-state index is -3.71. The Morgan fingerprint density at radius 2 is 2.11 bits per heavy atom. The zero-order chi connectivity index (χ0) is 14.0. The molecule has 4 nitrogen and oxygen atoms in total. The van der Waals surface area contributed by atoms with Gasteiger partial charge in [-0.25, -0.2) is 8.42 Å². The van der Waals surface area contributed by atoms with Crippen molar-refractivity contribution in [3.8, 4) is 5.75 Å². The van der Waals surface area contributed by atoms with Crippen molar-refractivity contribution in [1.29, 1.82) is 0 Å². The number of rotatable bonds is 4. The minimum absolute atomic E-state index is 0.135. The van der Waals surface area contributed by atoms with Crippen molar-refractivity contribution >= 4 is 19.7 Å². The quantitative estimate of drug-likeness (QED) is 0.803. The molecule has 1 aliphatic rings. The van der Waals surface area contributed by atoms with Gasteiger partial charge < -0.3 is 9.47 Å². The second kappa shape index (κ2) is 5.69. The molecule has 1 heterocycles. The van der Waals surface area contributed by atoms with Crippen LogP contribution in [0.3, 0.4) is 0 Å². The zero-order valence-corrected chi connectivity index (χ0v) is 12.6. The lowest BCUT2D eigenvalue weighted by Crippen LogP contribution is -2.16. The van der Waals surface area contributed by atoms with Gasteiger partial charge in [-0.3, -0.25) is 0 Å². The Kier molecular flexibility index (Phi) is 4.38. The molecule has 0 spiro atoms. The Labute approximate surface area is 118 Å².